The third-order valence-electron chi connectivity index (χ3n) is 5.80. The van der Waals surface area contributed by atoms with Gasteiger partial charge in [0.15, 0.2) is 5.76 Å². The highest BCUT2D eigenvalue weighted by Crippen LogP contribution is 2.26. The van der Waals surface area contributed by atoms with E-state index in [4.69, 9.17) is 13.9 Å². The Bertz CT molecular complexity index is 1580. The third-order valence-corrected chi connectivity index (χ3v) is 5.80. The summed E-state index contributed by atoms with van der Waals surface area (Å²) in [6, 6.07) is 23.8. The van der Waals surface area contributed by atoms with Crippen molar-refractivity contribution in [3.63, 3.8) is 0 Å². The normalized spacial score (nSPS) is 10.7. The Kier molecular flexibility index (Phi) is 7.30. The SMILES string of the molecule is COc1ccc(CCOc2nc(-c3ccco3)n(-c3cccc(NC(=O)c4ccc([N+](=O)[O-])cc4)c3)n2)cc1. The summed E-state index contributed by atoms with van der Waals surface area (Å²) >= 11 is 0. The van der Waals surface area contributed by atoms with Gasteiger partial charge in [0.25, 0.3) is 11.6 Å². The molecule has 0 atom stereocenters. The lowest BCUT2D eigenvalue weighted by Gasteiger charge is -2.09. The van der Waals surface area contributed by atoms with Crippen LogP contribution in [-0.4, -0.2) is 39.3 Å². The molecule has 0 fully saturated rings. The van der Waals surface area contributed by atoms with Gasteiger partial charge in [-0.05, 0) is 60.2 Å². The summed E-state index contributed by atoms with van der Waals surface area (Å²) in [5.41, 5.74) is 2.39. The number of rotatable bonds is 10. The van der Waals surface area contributed by atoms with Crippen LogP contribution >= 0.6 is 0 Å². The van der Waals surface area contributed by atoms with Crippen LogP contribution in [0, 0.1) is 10.1 Å². The van der Waals surface area contributed by atoms with Gasteiger partial charge in [0.2, 0.25) is 5.82 Å². The zero-order valence-electron chi connectivity index (χ0n) is 20.8. The molecule has 0 radical (unpaired) electrons. The first-order valence-corrected chi connectivity index (χ1v) is 11.9. The lowest BCUT2D eigenvalue weighted by Crippen LogP contribution is -2.12. The van der Waals surface area contributed by atoms with E-state index in [0.717, 1.165) is 11.3 Å². The number of anilines is 1. The van der Waals surface area contributed by atoms with Gasteiger partial charge < -0.3 is 19.2 Å². The zero-order valence-corrected chi connectivity index (χ0v) is 20.8. The number of nitrogens with zero attached hydrogens (tertiary/aromatic N) is 4. The molecule has 2 heterocycles. The number of aromatic nitrogens is 3. The van der Waals surface area contributed by atoms with Crippen molar-refractivity contribution in [2.45, 2.75) is 6.42 Å². The molecular formula is C28H23N5O6. The minimum Gasteiger partial charge on any atom is -0.497 e. The highest BCUT2D eigenvalue weighted by atomic mass is 16.6. The number of non-ortho nitro benzene ring substituents is 1. The van der Waals surface area contributed by atoms with Crippen molar-refractivity contribution in [2.24, 2.45) is 0 Å². The summed E-state index contributed by atoms with van der Waals surface area (Å²) < 4.78 is 18.2. The summed E-state index contributed by atoms with van der Waals surface area (Å²) in [6.45, 7) is 0.360. The number of benzene rings is 3. The highest BCUT2D eigenvalue weighted by molar-refractivity contribution is 6.04. The van der Waals surface area contributed by atoms with E-state index in [1.54, 1.807) is 48.4 Å². The Labute approximate surface area is 222 Å². The quantitative estimate of drug-likeness (QED) is 0.191. The third kappa shape index (κ3) is 5.93. The van der Waals surface area contributed by atoms with E-state index in [9.17, 15) is 14.9 Å². The van der Waals surface area contributed by atoms with E-state index in [1.807, 2.05) is 30.3 Å². The van der Waals surface area contributed by atoms with Gasteiger partial charge in [0, 0.05) is 29.8 Å². The molecule has 39 heavy (non-hydrogen) atoms. The van der Waals surface area contributed by atoms with Gasteiger partial charge in [-0.1, -0.05) is 18.2 Å². The van der Waals surface area contributed by atoms with E-state index >= 15 is 0 Å². The summed E-state index contributed by atoms with van der Waals surface area (Å²) in [7, 11) is 1.62. The van der Waals surface area contributed by atoms with Crippen LogP contribution in [-0.2, 0) is 6.42 Å². The number of hydrogen-bond acceptors (Lipinski definition) is 8. The Morgan fingerprint density at radius 2 is 1.85 bits per heavy atom. The highest BCUT2D eigenvalue weighted by Gasteiger charge is 2.18. The zero-order chi connectivity index (χ0) is 27.2. The monoisotopic (exact) mass is 525 g/mol. The fourth-order valence-electron chi connectivity index (χ4n) is 3.81. The van der Waals surface area contributed by atoms with E-state index < -0.39 is 10.8 Å². The minimum atomic E-state index is -0.517. The van der Waals surface area contributed by atoms with Crippen molar-refractivity contribution < 1.29 is 23.6 Å². The van der Waals surface area contributed by atoms with E-state index in [2.05, 4.69) is 15.4 Å². The molecule has 0 aliphatic carbocycles. The molecule has 1 N–H and O–H groups in total. The first-order chi connectivity index (χ1) is 19.0. The molecule has 0 aliphatic rings. The number of furan rings is 1. The lowest BCUT2D eigenvalue weighted by atomic mass is 10.1. The van der Waals surface area contributed by atoms with Gasteiger partial charge >= 0.3 is 6.01 Å². The molecule has 0 saturated carbocycles. The van der Waals surface area contributed by atoms with Gasteiger partial charge in [0.05, 0.1) is 30.6 Å². The van der Waals surface area contributed by atoms with Crippen LogP contribution in [0.15, 0.2) is 95.6 Å². The van der Waals surface area contributed by atoms with Crippen LogP contribution in [0.25, 0.3) is 17.3 Å². The smallest absolute Gasteiger partial charge is 0.336 e. The van der Waals surface area contributed by atoms with Crippen LogP contribution in [0.4, 0.5) is 11.4 Å². The van der Waals surface area contributed by atoms with Gasteiger partial charge in [-0.15, -0.1) is 5.10 Å². The number of ether oxygens (including phenoxy) is 2. The lowest BCUT2D eigenvalue weighted by molar-refractivity contribution is -0.384. The van der Waals surface area contributed by atoms with Gasteiger partial charge in [-0.2, -0.15) is 4.98 Å². The largest absolute Gasteiger partial charge is 0.497 e. The summed E-state index contributed by atoms with van der Waals surface area (Å²) in [5.74, 6) is 1.30. The molecule has 11 nitrogen and oxygen atoms in total. The van der Waals surface area contributed by atoms with Crippen molar-refractivity contribution in [3.8, 4) is 29.0 Å². The molecule has 2 aromatic heterocycles. The van der Waals surface area contributed by atoms with E-state index in [0.29, 0.717) is 36.0 Å². The number of nitrogens with one attached hydrogen (secondary N) is 1. The Morgan fingerprint density at radius 1 is 1.05 bits per heavy atom. The van der Waals surface area contributed by atoms with Crippen LogP contribution in [0.3, 0.4) is 0 Å². The number of carbonyl (C=O) groups is 1. The molecule has 0 saturated heterocycles. The number of hydrogen-bond donors (Lipinski definition) is 1. The second-order valence-electron chi connectivity index (χ2n) is 8.36. The fraction of sp³-hybridized carbons (Fsp3) is 0.107. The number of methoxy groups -OCH3 is 1. The summed E-state index contributed by atoms with van der Waals surface area (Å²) in [4.78, 5) is 27.6. The van der Waals surface area contributed by atoms with Crippen LogP contribution in [0.2, 0.25) is 0 Å². The van der Waals surface area contributed by atoms with Gasteiger partial charge in [0.1, 0.15) is 5.75 Å². The molecule has 3 aromatic carbocycles. The maximum atomic E-state index is 12.7. The van der Waals surface area contributed by atoms with E-state index in [1.165, 1.54) is 24.3 Å². The number of nitro benzene ring substituents is 1. The molecule has 11 heteroatoms. The first-order valence-electron chi connectivity index (χ1n) is 11.9. The van der Waals surface area contributed by atoms with E-state index in [-0.39, 0.29) is 17.3 Å². The predicted octanol–water partition coefficient (Wildman–Crippen LogP) is 5.32. The second-order valence-corrected chi connectivity index (χ2v) is 8.36. The molecule has 196 valence electrons. The standard InChI is InChI=1S/C28H23N5O6/c1-37-24-13-7-19(8-14-24)15-17-39-28-30-26(25-6-3-16-38-25)32(31-28)23-5-2-4-21(18-23)29-27(34)20-9-11-22(12-10-20)33(35)36/h2-14,16,18H,15,17H2,1H3,(H,29,34). The maximum Gasteiger partial charge on any atom is 0.336 e. The molecule has 1 amide bonds. The average Bonchev–Trinajstić information content (AvgIpc) is 3.64. The Morgan fingerprint density at radius 3 is 2.54 bits per heavy atom. The molecule has 5 aromatic rings. The predicted molar refractivity (Wildman–Crippen MR) is 142 cm³/mol. The Hall–Kier alpha value is -5.45. The number of amides is 1. The average molecular weight is 526 g/mol. The van der Waals surface area contributed by atoms with Crippen LogP contribution in [0.5, 0.6) is 11.8 Å². The molecule has 0 unspecified atom stereocenters. The van der Waals surface area contributed by atoms with Crippen molar-refractivity contribution in [1.82, 2.24) is 14.8 Å². The van der Waals surface area contributed by atoms with Gasteiger partial charge in [-0.3, -0.25) is 14.9 Å². The van der Waals surface area contributed by atoms with Crippen LogP contribution in [0.1, 0.15) is 15.9 Å². The van der Waals surface area contributed by atoms with Crippen molar-refractivity contribution in [2.75, 3.05) is 19.0 Å². The van der Waals surface area contributed by atoms with Crippen molar-refractivity contribution >= 4 is 17.3 Å². The minimum absolute atomic E-state index is 0.0905. The molecule has 5 rings (SSSR count). The number of carbonyl (C=O) groups excluding carboxylic acids is 1. The topological polar surface area (TPSA) is 135 Å². The second kappa shape index (κ2) is 11.3. The van der Waals surface area contributed by atoms with Crippen molar-refractivity contribution in [1.29, 1.82) is 0 Å². The molecule has 0 bridgehead atoms. The van der Waals surface area contributed by atoms with Crippen molar-refractivity contribution in [3.05, 3.63) is 112 Å². The molecule has 0 aliphatic heterocycles. The molecular weight excluding hydrogens is 502 g/mol. The van der Waals surface area contributed by atoms with Gasteiger partial charge in [-0.25, -0.2) is 4.68 Å². The molecule has 0 spiro atoms. The summed E-state index contributed by atoms with van der Waals surface area (Å²) in [6.07, 6.45) is 2.19. The maximum absolute atomic E-state index is 12.7. The number of nitro groups is 1. The van der Waals surface area contributed by atoms with Crippen LogP contribution < -0.4 is 14.8 Å². The summed E-state index contributed by atoms with van der Waals surface area (Å²) in [5, 5.41) is 18.2. The fourth-order valence-corrected chi connectivity index (χ4v) is 3.81. The first kappa shape index (κ1) is 25.2. The Balaban J connectivity index is 1.34.